The molecule has 0 aliphatic rings. The number of allylic oxidation sites excluding steroid dienone is 1. The van der Waals surface area contributed by atoms with E-state index in [1.165, 1.54) is 14.2 Å². The summed E-state index contributed by atoms with van der Waals surface area (Å²) in [6, 6.07) is 7.36. The summed E-state index contributed by atoms with van der Waals surface area (Å²) >= 11 is 0. The van der Waals surface area contributed by atoms with E-state index in [9.17, 15) is 0 Å². The zero-order valence-electron chi connectivity index (χ0n) is 13.6. The van der Waals surface area contributed by atoms with Crippen molar-refractivity contribution in [3.63, 3.8) is 0 Å². The molecule has 2 N–H and O–H groups in total. The molecule has 1 aromatic rings. The lowest BCUT2D eigenvalue weighted by Gasteiger charge is -2.12. The molecule has 1 aromatic heterocycles. The molecule has 7 nitrogen and oxygen atoms in total. The van der Waals surface area contributed by atoms with Gasteiger partial charge in [0.15, 0.2) is 6.29 Å². The van der Waals surface area contributed by atoms with Gasteiger partial charge in [0.2, 0.25) is 0 Å². The molecule has 0 aliphatic heterocycles. The number of aryl methyl sites for hydroxylation is 1. The first-order valence-corrected chi connectivity index (χ1v) is 6.61. The number of nitrogens with two attached hydrogens (primary N) is 1. The van der Waals surface area contributed by atoms with Crippen LogP contribution in [0.5, 0.6) is 0 Å². The van der Waals surface area contributed by atoms with Crippen molar-refractivity contribution in [2.75, 3.05) is 20.0 Å². The minimum absolute atomic E-state index is 0.124. The van der Waals surface area contributed by atoms with Crippen LogP contribution in [-0.4, -0.2) is 25.5 Å². The van der Waals surface area contributed by atoms with Gasteiger partial charge in [0, 0.05) is 26.8 Å². The highest BCUT2D eigenvalue weighted by Crippen LogP contribution is 2.12. The molecule has 120 valence electrons. The van der Waals surface area contributed by atoms with E-state index < -0.39 is 6.29 Å². The zero-order valence-corrected chi connectivity index (χ0v) is 13.6. The Morgan fingerprint density at radius 2 is 1.83 bits per heavy atom. The number of aromatic nitrogens is 1. The molecule has 7 heteroatoms. The summed E-state index contributed by atoms with van der Waals surface area (Å²) in [6.45, 7) is 3.55. The summed E-state index contributed by atoms with van der Waals surface area (Å²) in [7, 11) is 3.03. The predicted molar refractivity (Wildman–Crippen MR) is 84.5 cm³/mol. The van der Waals surface area contributed by atoms with Crippen molar-refractivity contribution in [1.29, 1.82) is 15.8 Å². The third-order valence-electron chi connectivity index (χ3n) is 2.95. The topological polar surface area (TPSA) is 129 Å². The first-order chi connectivity index (χ1) is 10.9. The van der Waals surface area contributed by atoms with Crippen LogP contribution in [0.3, 0.4) is 0 Å². The highest BCUT2D eigenvalue weighted by atomic mass is 16.7. The molecule has 0 unspecified atom stereocenters. The minimum Gasteiger partial charge on any atom is -0.383 e. The minimum atomic E-state index is -0.392. The van der Waals surface area contributed by atoms with Gasteiger partial charge in [-0.3, -0.25) is 0 Å². The van der Waals surface area contributed by atoms with E-state index in [-0.39, 0.29) is 5.57 Å². The van der Waals surface area contributed by atoms with Crippen LogP contribution in [0.2, 0.25) is 0 Å². The molecule has 0 spiro atoms. The molecule has 0 bridgehead atoms. The van der Waals surface area contributed by atoms with Crippen molar-refractivity contribution in [3.05, 3.63) is 34.5 Å². The molecule has 0 saturated carbocycles. The number of hydrogen-bond acceptors (Lipinski definition) is 7. The van der Waals surface area contributed by atoms with Crippen LogP contribution in [-0.2, 0) is 9.47 Å². The fraction of sp³-hybridized carbons (Fsp3) is 0.375. The molecule has 0 aliphatic carbocycles. The molecule has 1 heterocycles. The summed E-state index contributed by atoms with van der Waals surface area (Å²) < 4.78 is 9.87. The number of methoxy groups -OCH3 is 2. The molecule has 0 fully saturated rings. The smallest absolute Gasteiger partial charge is 0.160 e. The quantitative estimate of drug-likeness (QED) is 0.666. The maximum absolute atomic E-state index is 8.54. The number of rotatable bonds is 4. The second-order valence-corrected chi connectivity index (χ2v) is 4.48. The average Bonchev–Trinajstić information content (AvgIpc) is 2.54. The Balaban J connectivity index is 0.000000433. The van der Waals surface area contributed by atoms with Gasteiger partial charge in [-0.2, -0.15) is 15.8 Å². The van der Waals surface area contributed by atoms with Gasteiger partial charge in [0.05, 0.1) is 5.56 Å². The Kier molecular flexibility index (Phi) is 9.39. The lowest BCUT2D eigenvalue weighted by atomic mass is 10.1. The van der Waals surface area contributed by atoms with Gasteiger partial charge >= 0.3 is 0 Å². The molecule has 0 radical (unpaired) electrons. The molecule has 0 aromatic carbocycles. The standard InChI is InChI=1S/C9H12N2O2.C7H7N3/c1-7(8(5-10)6-11)4-9(12-2)13-3;1-5-2-3-10-7(9)6(5)4-8/h9H,4H2,1-3H3;2-3H,1H3,(H2,9,10). The van der Waals surface area contributed by atoms with Gasteiger partial charge < -0.3 is 15.2 Å². The molecule has 0 saturated heterocycles. The highest BCUT2D eigenvalue weighted by Gasteiger charge is 2.09. The van der Waals surface area contributed by atoms with Gasteiger partial charge in [-0.25, -0.2) is 4.98 Å². The van der Waals surface area contributed by atoms with Gasteiger partial charge in [-0.1, -0.05) is 0 Å². The Morgan fingerprint density at radius 1 is 1.26 bits per heavy atom. The van der Waals surface area contributed by atoms with Crippen LogP contribution in [0.1, 0.15) is 24.5 Å². The summed E-state index contributed by atoms with van der Waals surface area (Å²) in [4.78, 5) is 3.77. The van der Waals surface area contributed by atoms with Crippen molar-refractivity contribution in [3.8, 4) is 18.2 Å². The summed E-state index contributed by atoms with van der Waals surface area (Å²) in [5.74, 6) is 0.308. The normalized spacial score (nSPS) is 8.96. The van der Waals surface area contributed by atoms with Gasteiger partial charge in [-0.15, -0.1) is 0 Å². The Morgan fingerprint density at radius 3 is 2.17 bits per heavy atom. The van der Waals surface area contributed by atoms with Crippen LogP contribution < -0.4 is 5.73 Å². The molecule has 23 heavy (non-hydrogen) atoms. The van der Waals surface area contributed by atoms with E-state index in [0.717, 1.165) is 5.56 Å². The maximum Gasteiger partial charge on any atom is 0.160 e. The van der Waals surface area contributed by atoms with Crippen molar-refractivity contribution < 1.29 is 9.47 Å². The first kappa shape index (κ1) is 20.1. The third kappa shape index (κ3) is 6.58. The zero-order chi connectivity index (χ0) is 17.8. The number of hydrogen-bond donors (Lipinski definition) is 1. The number of anilines is 1. The first-order valence-electron chi connectivity index (χ1n) is 6.61. The second-order valence-electron chi connectivity index (χ2n) is 4.48. The fourth-order valence-corrected chi connectivity index (χ4v) is 1.56. The van der Waals surface area contributed by atoms with Crippen molar-refractivity contribution in [2.45, 2.75) is 26.6 Å². The fourth-order valence-electron chi connectivity index (χ4n) is 1.56. The van der Waals surface area contributed by atoms with E-state index in [1.54, 1.807) is 19.2 Å². The number of pyridine rings is 1. The van der Waals surface area contributed by atoms with E-state index in [0.29, 0.717) is 23.4 Å². The summed E-state index contributed by atoms with van der Waals surface area (Å²) in [5.41, 5.74) is 7.55. The van der Waals surface area contributed by atoms with Gasteiger partial charge in [0.1, 0.15) is 29.6 Å². The number of nitriles is 3. The maximum atomic E-state index is 8.54. The van der Waals surface area contributed by atoms with Gasteiger partial charge in [0.25, 0.3) is 0 Å². The largest absolute Gasteiger partial charge is 0.383 e. The van der Waals surface area contributed by atoms with E-state index >= 15 is 0 Å². The Hall–Kier alpha value is -2.92. The lowest BCUT2D eigenvalue weighted by Crippen LogP contribution is -2.13. The second kappa shape index (κ2) is 10.8. The lowest BCUT2D eigenvalue weighted by molar-refractivity contribution is -0.100. The highest BCUT2D eigenvalue weighted by molar-refractivity contribution is 5.51. The predicted octanol–water partition coefficient (Wildman–Crippen LogP) is 2.20. The Labute approximate surface area is 136 Å². The molecule has 1 rings (SSSR count). The summed E-state index contributed by atoms with van der Waals surface area (Å²) in [5, 5.41) is 25.6. The number of nitrogens with zero attached hydrogens (tertiary/aromatic N) is 4. The van der Waals surface area contributed by atoms with E-state index in [2.05, 4.69) is 4.98 Å². The Bertz CT molecular complexity index is 637. The van der Waals surface area contributed by atoms with Crippen LogP contribution >= 0.6 is 0 Å². The summed E-state index contributed by atoms with van der Waals surface area (Å²) in [6.07, 6.45) is 1.63. The van der Waals surface area contributed by atoms with Crippen LogP contribution in [0.4, 0.5) is 5.82 Å². The number of ether oxygens (including phenoxy) is 2. The third-order valence-corrected chi connectivity index (χ3v) is 2.95. The molecular formula is C16H19N5O2. The van der Waals surface area contributed by atoms with Crippen molar-refractivity contribution >= 4 is 5.82 Å². The van der Waals surface area contributed by atoms with E-state index in [4.69, 9.17) is 31.0 Å². The van der Waals surface area contributed by atoms with E-state index in [1.807, 2.05) is 25.1 Å². The van der Waals surface area contributed by atoms with Crippen LogP contribution in [0, 0.1) is 40.9 Å². The van der Waals surface area contributed by atoms with Crippen molar-refractivity contribution in [1.82, 2.24) is 4.98 Å². The van der Waals surface area contributed by atoms with Gasteiger partial charge in [-0.05, 0) is 31.1 Å². The molecule has 0 amide bonds. The average molecular weight is 313 g/mol. The molecule has 0 atom stereocenters. The van der Waals surface area contributed by atoms with Crippen LogP contribution in [0.25, 0.3) is 0 Å². The number of nitrogen functional groups attached to an aromatic ring is 1. The SMILES string of the molecule is COC(CC(C)=C(C#N)C#N)OC.Cc1ccnc(N)c1C#N. The molecular weight excluding hydrogens is 294 g/mol. The van der Waals surface area contributed by atoms with Crippen molar-refractivity contribution in [2.24, 2.45) is 0 Å². The monoisotopic (exact) mass is 313 g/mol. The van der Waals surface area contributed by atoms with Crippen LogP contribution in [0.15, 0.2) is 23.4 Å².